The number of fused-ring (bicyclic) bond motifs is 2. The van der Waals surface area contributed by atoms with Crippen molar-refractivity contribution >= 4 is 45.0 Å². The highest BCUT2D eigenvalue weighted by Crippen LogP contribution is 2.32. The molecule has 10 heteroatoms. The molecule has 7 rings (SSSR count). The summed E-state index contributed by atoms with van der Waals surface area (Å²) in [6, 6.07) is 17.4. The minimum absolute atomic E-state index is 0.109. The summed E-state index contributed by atoms with van der Waals surface area (Å²) in [7, 11) is 0. The number of aromatic amines is 2. The van der Waals surface area contributed by atoms with Gasteiger partial charge in [0.1, 0.15) is 11.0 Å². The van der Waals surface area contributed by atoms with E-state index in [4.69, 9.17) is 9.97 Å². The second-order valence-electron chi connectivity index (χ2n) is 9.02. The van der Waals surface area contributed by atoms with Crippen LogP contribution in [-0.2, 0) is 11.2 Å². The number of anilines is 1. The topological polar surface area (TPSA) is 125 Å². The fourth-order valence-electron chi connectivity index (χ4n) is 4.53. The van der Waals surface area contributed by atoms with E-state index in [0.29, 0.717) is 28.4 Å². The molecule has 0 aliphatic carbocycles. The predicted molar refractivity (Wildman–Crippen MR) is 152 cm³/mol. The number of carbonyl (C=O) groups excluding carboxylic acids is 1. The van der Waals surface area contributed by atoms with Crippen LogP contribution in [0.5, 0.6) is 0 Å². The lowest BCUT2D eigenvalue weighted by Crippen LogP contribution is -2.14. The smallest absolute Gasteiger partial charge is 0.228 e. The zero-order valence-corrected chi connectivity index (χ0v) is 21.2. The molecule has 0 unspecified atom stereocenters. The summed E-state index contributed by atoms with van der Waals surface area (Å²) in [5, 5.41) is 14.6. The van der Waals surface area contributed by atoms with E-state index in [2.05, 4.69) is 41.9 Å². The average molecular weight is 529 g/mol. The van der Waals surface area contributed by atoms with Crippen LogP contribution in [0.4, 0.5) is 5.69 Å². The van der Waals surface area contributed by atoms with Crippen molar-refractivity contribution in [3.63, 3.8) is 0 Å². The van der Waals surface area contributed by atoms with Gasteiger partial charge in [0.25, 0.3) is 0 Å². The van der Waals surface area contributed by atoms with E-state index >= 15 is 0 Å². The highest BCUT2D eigenvalue weighted by molar-refractivity contribution is 7.08. The number of amides is 1. The minimum atomic E-state index is -0.109. The zero-order valence-electron chi connectivity index (χ0n) is 20.4. The fraction of sp³-hybridized carbons (Fsp3) is 0.0345. The Bertz CT molecular complexity index is 1940. The summed E-state index contributed by atoms with van der Waals surface area (Å²) in [6.45, 7) is 0. The quantitative estimate of drug-likeness (QED) is 0.248. The third kappa shape index (κ3) is 4.42. The van der Waals surface area contributed by atoms with Crippen LogP contribution in [-0.4, -0.2) is 41.0 Å². The van der Waals surface area contributed by atoms with Crippen LogP contribution in [0.15, 0.2) is 90.1 Å². The van der Waals surface area contributed by atoms with Crippen molar-refractivity contribution in [3.05, 3.63) is 95.7 Å². The zero-order chi connectivity index (χ0) is 26.2. The molecule has 0 spiro atoms. The first-order valence-corrected chi connectivity index (χ1v) is 13.2. The maximum Gasteiger partial charge on any atom is 0.228 e. The Morgan fingerprint density at radius 2 is 1.77 bits per heavy atom. The first-order valence-electron chi connectivity index (χ1n) is 12.2. The molecule has 6 aromatic heterocycles. The Kier molecular flexibility index (Phi) is 5.64. The SMILES string of the molecule is O=C(Cc1ccccc1)Nc1cncc(-c2ccc3[nH]nc(-c4nc5c(-c6ccsc6)cncc5[nH]4)c3n2)c1. The standard InChI is InChI=1S/C29H20N8OS/c38-25(10-17-4-2-1-3-5-17)32-20-11-19(12-30-13-20)22-6-7-23-27(33-22)28(37-36-23)29-34-24-15-31-14-21(26(24)35-29)18-8-9-39-16-18/h1-9,11-16H,10H2,(H,32,38)(H,34,35)(H,36,37). The molecule has 0 aliphatic heterocycles. The van der Waals surface area contributed by atoms with E-state index < -0.39 is 0 Å². The molecule has 0 bridgehead atoms. The van der Waals surface area contributed by atoms with E-state index in [1.165, 1.54) is 0 Å². The summed E-state index contributed by atoms with van der Waals surface area (Å²) in [6.07, 6.45) is 7.22. The van der Waals surface area contributed by atoms with Gasteiger partial charge < -0.3 is 10.3 Å². The number of H-pyrrole nitrogens is 2. The van der Waals surface area contributed by atoms with Gasteiger partial charge in [0, 0.05) is 23.5 Å². The van der Waals surface area contributed by atoms with Gasteiger partial charge in [-0.2, -0.15) is 16.4 Å². The van der Waals surface area contributed by atoms with Gasteiger partial charge in [-0.25, -0.2) is 9.97 Å². The van der Waals surface area contributed by atoms with Gasteiger partial charge in [0.15, 0.2) is 11.5 Å². The summed E-state index contributed by atoms with van der Waals surface area (Å²) >= 11 is 1.63. The maximum absolute atomic E-state index is 12.6. The number of pyridine rings is 3. The summed E-state index contributed by atoms with van der Waals surface area (Å²) in [5.41, 5.74) is 8.78. The number of rotatable bonds is 6. The summed E-state index contributed by atoms with van der Waals surface area (Å²) in [4.78, 5) is 34.4. The van der Waals surface area contributed by atoms with Gasteiger partial charge in [-0.1, -0.05) is 30.3 Å². The van der Waals surface area contributed by atoms with Gasteiger partial charge in [-0.05, 0) is 46.2 Å². The van der Waals surface area contributed by atoms with Crippen LogP contribution in [0.25, 0.3) is 56.0 Å². The summed E-state index contributed by atoms with van der Waals surface area (Å²) in [5.74, 6) is 0.493. The molecule has 0 aliphatic rings. The van der Waals surface area contributed by atoms with Gasteiger partial charge in [0.05, 0.1) is 41.2 Å². The first-order chi connectivity index (χ1) is 19.2. The molecule has 188 valence electrons. The molecule has 0 saturated carbocycles. The molecular formula is C29H20N8OS. The number of nitrogens with zero attached hydrogens (tertiary/aromatic N) is 5. The average Bonchev–Trinajstić information content (AvgIpc) is 3.73. The molecular weight excluding hydrogens is 508 g/mol. The lowest BCUT2D eigenvalue weighted by molar-refractivity contribution is -0.115. The summed E-state index contributed by atoms with van der Waals surface area (Å²) < 4.78 is 0. The van der Waals surface area contributed by atoms with Crippen LogP contribution in [0, 0.1) is 0 Å². The highest BCUT2D eigenvalue weighted by atomic mass is 32.1. The molecule has 0 radical (unpaired) electrons. The van der Waals surface area contributed by atoms with Gasteiger partial charge in [-0.15, -0.1) is 0 Å². The normalized spacial score (nSPS) is 11.3. The molecule has 1 aromatic carbocycles. The number of thiophene rings is 1. The highest BCUT2D eigenvalue weighted by Gasteiger charge is 2.17. The Balaban J connectivity index is 1.21. The third-order valence-electron chi connectivity index (χ3n) is 6.38. The fourth-order valence-corrected chi connectivity index (χ4v) is 5.19. The molecule has 39 heavy (non-hydrogen) atoms. The molecule has 0 saturated heterocycles. The monoisotopic (exact) mass is 528 g/mol. The lowest BCUT2D eigenvalue weighted by atomic mass is 10.1. The van der Waals surface area contributed by atoms with Gasteiger partial charge in [-0.3, -0.25) is 19.9 Å². The predicted octanol–water partition coefficient (Wildman–Crippen LogP) is 5.87. The van der Waals surface area contributed by atoms with Crippen molar-refractivity contribution in [2.24, 2.45) is 0 Å². The second kappa shape index (κ2) is 9.58. The van der Waals surface area contributed by atoms with Crippen molar-refractivity contribution in [2.75, 3.05) is 5.32 Å². The van der Waals surface area contributed by atoms with Gasteiger partial charge >= 0.3 is 0 Å². The minimum Gasteiger partial charge on any atom is -0.335 e. The Morgan fingerprint density at radius 1 is 0.872 bits per heavy atom. The van der Waals surface area contributed by atoms with Gasteiger partial charge in [0.2, 0.25) is 5.91 Å². The largest absolute Gasteiger partial charge is 0.335 e. The molecule has 6 heterocycles. The van der Waals surface area contributed by atoms with Crippen LogP contribution in [0.3, 0.4) is 0 Å². The van der Waals surface area contributed by atoms with E-state index in [0.717, 1.165) is 38.8 Å². The third-order valence-corrected chi connectivity index (χ3v) is 7.07. The van der Waals surface area contributed by atoms with Crippen LogP contribution in [0.2, 0.25) is 0 Å². The molecule has 1 amide bonds. The van der Waals surface area contributed by atoms with Crippen molar-refractivity contribution < 1.29 is 4.79 Å². The number of hydrogen-bond donors (Lipinski definition) is 3. The molecule has 3 N–H and O–H groups in total. The van der Waals surface area contributed by atoms with Crippen LogP contribution >= 0.6 is 11.3 Å². The van der Waals surface area contributed by atoms with Crippen molar-refractivity contribution in [3.8, 4) is 33.9 Å². The van der Waals surface area contributed by atoms with Crippen LogP contribution in [0.1, 0.15) is 5.56 Å². The Morgan fingerprint density at radius 3 is 2.64 bits per heavy atom. The van der Waals surface area contributed by atoms with Crippen molar-refractivity contribution in [1.29, 1.82) is 0 Å². The Labute approximate surface area is 226 Å². The number of imidazole rings is 1. The first kappa shape index (κ1) is 22.9. The van der Waals surface area contributed by atoms with E-state index in [1.807, 2.05) is 60.1 Å². The molecule has 7 aromatic rings. The molecule has 0 fully saturated rings. The van der Waals surface area contributed by atoms with E-state index in [9.17, 15) is 4.79 Å². The van der Waals surface area contributed by atoms with Crippen molar-refractivity contribution in [1.82, 2.24) is 35.1 Å². The molecule has 0 atom stereocenters. The Hall–Kier alpha value is -5.22. The molecule has 9 nitrogen and oxygen atoms in total. The van der Waals surface area contributed by atoms with Crippen LogP contribution < -0.4 is 5.32 Å². The second-order valence-corrected chi connectivity index (χ2v) is 9.80. The lowest BCUT2D eigenvalue weighted by Gasteiger charge is -2.07. The number of carbonyl (C=O) groups is 1. The number of benzene rings is 1. The number of aromatic nitrogens is 7. The number of nitrogens with one attached hydrogen (secondary N) is 3. The van der Waals surface area contributed by atoms with E-state index in [1.54, 1.807) is 29.9 Å². The van der Waals surface area contributed by atoms with E-state index in [-0.39, 0.29) is 12.3 Å². The number of hydrogen-bond acceptors (Lipinski definition) is 7. The van der Waals surface area contributed by atoms with Crippen molar-refractivity contribution in [2.45, 2.75) is 6.42 Å². The maximum atomic E-state index is 12.6.